The Hall–Kier alpha value is -6.62. The highest BCUT2D eigenvalue weighted by molar-refractivity contribution is 6.10. The smallest absolute Gasteiger partial charge is 0.220 e. The molecule has 6 N–H and O–H groups in total. The molecule has 232 valence electrons. The molecule has 0 aliphatic heterocycles. The van der Waals surface area contributed by atoms with Crippen LogP contribution >= 0.6 is 0 Å². The van der Waals surface area contributed by atoms with Crippen LogP contribution in [0.2, 0.25) is 0 Å². The summed E-state index contributed by atoms with van der Waals surface area (Å²) in [5, 5.41) is 7.66. The first-order chi connectivity index (χ1) is 22.9. The number of carbonyl (C=O) groups excluding carboxylic acids is 2. The molecule has 4 aromatic carbocycles. The van der Waals surface area contributed by atoms with Crippen molar-refractivity contribution in [2.45, 2.75) is 0 Å². The second-order valence-electron chi connectivity index (χ2n) is 10.4. The number of aromatic nitrogens is 4. The molecule has 2 aromatic heterocycles. The number of benzene rings is 4. The molecule has 0 atom stereocenters. The molecule has 11 heteroatoms. The molecule has 0 amide bonds. The number of ether oxygens (including phenoxy) is 1. The largest absolute Gasteiger partial charge is 0.456 e. The standard InChI is InChI=1S/C36H30N8O3/c37-35-41-21-23-17-27(31(45)13-7-15-39-25-9-3-1-4-10-25)33(19-29(23)43-35)47-34-20-30-24(22-42-36(38)44-30)18-28(34)32(46)14-8-16-40-26-11-5-2-6-12-26/h1-14,17-22,39-40H,15-16H2,(H2,37,41,43)(H2,38,42,44)/b13-7+,14-8?. The molecular weight excluding hydrogens is 592 g/mol. The van der Waals surface area contributed by atoms with Crippen molar-refractivity contribution in [2.24, 2.45) is 0 Å². The first-order valence-electron chi connectivity index (χ1n) is 14.7. The minimum atomic E-state index is -0.319. The van der Waals surface area contributed by atoms with Gasteiger partial charge in [-0.1, -0.05) is 48.6 Å². The highest BCUT2D eigenvalue weighted by Gasteiger charge is 2.19. The van der Waals surface area contributed by atoms with E-state index in [1.54, 1.807) is 36.4 Å². The third-order valence-corrected chi connectivity index (χ3v) is 7.08. The Morgan fingerprint density at radius 1 is 0.638 bits per heavy atom. The van der Waals surface area contributed by atoms with E-state index in [1.807, 2.05) is 60.7 Å². The van der Waals surface area contributed by atoms with Crippen molar-refractivity contribution in [3.63, 3.8) is 0 Å². The number of nitrogens with two attached hydrogens (primary N) is 2. The summed E-state index contributed by atoms with van der Waals surface area (Å²) in [5.41, 5.74) is 15.0. The predicted octanol–water partition coefficient (Wildman–Crippen LogP) is 6.23. The van der Waals surface area contributed by atoms with Gasteiger partial charge >= 0.3 is 0 Å². The summed E-state index contributed by atoms with van der Waals surface area (Å²) in [5.74, 6) is -0.158. The summed E-state index contributed by atoms with van der Waals surface area (Å²) < 4.78 is 6.39. The van der Waals surface area contributed by atoms with Crippen LogP contribution in [0.5, 0.6) is 11.5 Å². The fraction of sp³-hybridized carbons (Fsp3) is 0.0556. The average molecular weight is 623 g/mol. The number of nitrogen functional groups attached to an aromatic ring is 2. The van der Waals surface area contributed by atoms with Gasteiger partial charge < -0.3 is 26.8 Å². The molecule has 2 heterocycles. The van der Waals surface area contributed by atoms with E-state index >= 15 is 0 Å². The van der Waals surface area contributed by atoms with Gasteiger partial charge in [0, 0.05) is 59.8 Å². The number of nitrogens with one attached hydrogen (secondary N) is 2. The van der Waals surface area contributed by atoms with Gasteiger partial charge in [-0.2, -0.15) is 0 Å². The van der Waals surface area contributed by atoms with Crippen molar-refractivity contribution < 1.29 is 14.3 Å². The molecule has 0 saturated heterocycles. The number of carbonyl (C=O) groups is 2. The van der Waals surface area contributed by atoms with Gasteiger partial charge in [0.25, 0.3) is 0 Å². The zero-order valence-electron chi connectivity index (χ0n) is 25.1. The van der Waals surface area contributed by atoms with E-state index in [1.165, 1.54) is 24.5 Å². The van der Waals surface area contributed by atoms with Crippen LogP contribution in [-0.2, 0) is 0 Å². The number of anilines is 4. The molecule has 0 aliphatic carbocycles. The monoisotopic (exact) mass is 622 g/mol. The van der Waals surface area contributed by atoms with Crippen molar-refractivity contribution >= 4 is 56.6 Å². The topological polar surface area (TPSA) is 171 Å². The molecule has 6 rings (SSSR count). The lowest BCUT2D eigenvalue weighted by Crippen LogP contribution is -2.06. The van der Waals surface area contributed by atoms with Crippen LogP contribution in [0.25, 0.3) is 21.8 Å². The van der Waals surface area contributed by atoms with Gasteiger partial charge in [-0.05, 0) is 48.6 Å². The maximum atomic E-state index is 13.6. The van der Waals surface area contributed by atoms with E-state index in [4.69, 9.17) is 16.2 Å². The van der Waals surface area contributed by atoms with Gasteiger partial charge in [0.15, 0.2) is 11.6 Å². The van der Waals surface area contributed by atoms with E-state index in [0.29, 0.717) is 34.9 Å². The van der Waals surface area contributed by atoms with Crippen LogP contribution in [0, 0.1) is 0 Å². The number of hydrogen-bond donors (Lipinski definition) is 4. The van der Waals surface area contributed by atoms with Gasteiger partial charge in [-0.3, -0.25) is 9.59 Å². The number of rotatable bonds is 12. The van der Waals surface area contributed by atoms with Crippen molar-refractivity contribution in [3.05, 3.63) is 133 Å². The SMILES string of the molecule is Nc1ncc2cc(C(=O)C=CCNc3ccccc3)c(Oc3cc4nc(N)ncc4cc3C(=O)/C=C/CNc3ccccc3)cc2n1. The van der Waals surface area contributed by atoms with Crippen molar-refractivity contribution in [1.82, 2.24) is 19.9 Å². The van der Waals surface area contributed by atoms with Gasteiger partial charge in [-0.15, -0.1) is 0 Å². The zero-order chi connectivity index (χ0) is 32.6. The first kappa shape index (κ1) is 30.4. The molecule has 0 spiro atoms. The van der Waals surface area contributed by atoms with Crippen molar-refractivity contribution in [1.29, 1.82) is 0 Å². The minimum Gasteiger partial charge on any atom is -0.456 e. The Kier molecular flexibility index (Phi) is 9.05. The lowest BCUT2D eigenvalue weighted by Gasteiger charge is -2.14. The summed E-state index contributed by atoms with van der Waals surface area (Å²) in [6, 6.07) is 25.8. The second-order valence-corrected chi connectivity index (χ2v) is 10.4. The van der Waals surface area contributed by atoms with Crippen LogP contribution in [-0.4, -0.2) is 44.6 Å². The molecule has 0 radical (unpaired) electrons. The molecule has 6 aromatic rings. The number of para-hydroxylation sites is 2. The quantitative estimate of drug-likeness (QED) is 0.0900. The molecule has 11 nitrogen and oxygen atoms in total. The highest BCUT2D eigenvalue weighted by Crippen LogP contribution is 2.34. The summed E-state index contributed by atoms with van der Waals surface area (Å²) in [7, 11) is 0. The molecule has 47 heavy (non-hydrogen) atoms. The van der Waals surface area contributed by atoms with Crippen molar-refractivity contribution in [3.8, 4) is 11.5 Å². The second kappa shape index (κ2) is 14.0. The Balaban J connectivity index is 1.33. The van der Waals surface area contributed by atoms with Crippen LogP contribution in [0.4, 0.5) is 23.3 Å². The predicted molar refractivity (Wildman–Crippen MR) is 185 cm³/mol. The Morgan fingerprint density at radius 2 is 1.06 bits per heavy atom. The minimum absolute atomic E-state index is 0.0670. The molecule has 0 bridgehead atoms. The van der Waals surface area contributed by atoms with Crippen LogP contribution < -0.4 is 26.8 Å². The number of hydrogen-bond acceptors (Lipinski definition) is 11. The van der Waals surface area contributed by atoms with Crippen LogP contribution in [0.1, 0.15) is 20.7 Å². The van der Waals surface area contributed by atoms with Gasteiger partial charge in [0.1, 0.15) is 11.5 Å². The normalized spacial score (nSPS) is 11.3. The van der Waals surface area contributed by atoms with E-state index in [9.17, 15) is 9.59 Å². The average Bonchev–Trinajstić information content (AvgIpc) is 3.08. The molecule has 0 aliphatic rings. The molecule has 0 saturated carbocycles. The van der Waals surface area contributed by atoms with Crippen molar-refractivity contribution in [2.75, 3.05) is 35.2 Å². The molecule has 0 fully saturated rings. The van der Waals surface area contributed by atoms with Gasteiger partial charge in [-0.25, -0.2) is 19.9 Å². The fourth-order valence-corrected chi connectivity index (χ4v) is 4.80. The van der Waals surface area contributed by atoms with E-state index < -0.39 is 0 Å². The lowest BCUT2D eigenvalue weighted by molar-refractivity contribution is 0.104. The number of ketones is 2. The number of allylic oxidation sites excluding steroid dienone is 2. The summed E-state index contributed by atoms with van der Waals surface area (Å²) in [4.78, 5) is 43.9. The molecule has 0 unspecified atom stereocenters. The number of fused-ring (bicyclic) bond motifs is 2. The molecular formula is C36H30N8O3. The first-order valence-corrected chi connectivity index (χ1v) is 14.7. The summed E-state index contributed by atoms with van der Waals surface area (Å²) in [6.07, 6.45) is 9.45. The van der Waals surface area contributed by atoms with E-state index in [2.05, 4.69) is 30.6 Å². The third kappa shape index (κ3) is 7.55. The van der Waals surface area contributed by atoms with Gasteiger partial charge in [0.2, 0.25) is 11.9 Å². The maximum Gasteiger partial charge on any atom is 0.220 e. The summed E-state index contributed by atoms with van der Waals surface area (Å²) in [6.45, 7) is 0.851. The lowest BCUT2D eigenvalue weighted by atomic mass is 10.0. The van der Waals surface area contributed by atoms with Gasteiger partial charge in [0.05, 0.1) is 22.2 Å². The highest BCUT2D eigenvalue weighted by atomic mass is 16.5. The van der Waals surface area contributed by atoms with Crippen LogP contribution in [0.15, 0.2) is 122 Å². The van der Waals surface area contributed by atoms with E-state index in [0.717, 1.165) is 11.4 Å². The fourth-order valence-electron chi connectivity index (χ4n) is 4.80. The Labute approximate surface area is 270 Å². The Morgan fingerprint density at radius 3 is 1.49 bits per heavy atom. The summed E-state index contributed by atoms with van der Waals surface area (Å²) >= 11 is 0. The Bertz CT molecular complexity index is 1980. The third-order valence-electron chi connectivity index (χ3n) is 7.08. The zero-order valence-corrected chi connectivity index (χ0v) is 25.1. The van der Waals surface area contributed by atoms with Crippen LogP contribution in [0.3, 0.4) is 0 Å². The van der Waals surface area contributed by atoms with E-state index in [-0.39, 0.29) is 46.1 Å². The maximum absolute atomic E-state index is 13.6. The number of nitrogens with zero attached hydrogens (tertiary/aromatic N) is 4.